The molecule has 2 saturated heterocycles. The summed E-state index contributed by atoms with van der Waals surface area (Å²) in [6.45, 7) is 6.16. The number of benzene rings is 2. The molecule has 0 aromatic heterocycles. The molecule has 3 aliphatic rings. The molecule has 0 saturated carbocycles. The van der Waals surface area contributed by atoms with Gasteiger partial charge in [0.25, 0.3) is 0 Å². The fourth-order valence-corrected chi connectivity index (χ4v) is 7.92. The number of ether oxygens (including phenoxy) is 5. The van der Waals surface area contributed by atoms with E-state index in [1.165, 1.54) is 17.5 Å². The van der Waals surface area contributed by atoms with Crippen LogP contribution in [0.5, 0.6) is 11.5 Å². The van der Waals surface area contributed by atoms with E-state index in [2.05, 4.69) is 10.5 Å². The number of carbonyl (C=O) groups excluding carboxylic acids is 1. The van der Waals surface area contributed by atoms with E-state index in [0.717, 1.165) is 17.7 Å². The van der Waals surface area contributed by atoms with Crippen LogP contribution in [0, 0.1) is 11.3 Å². The van der Waals surface area contributed by atoms with Gasteiger partial charge in [-0.15, -0.1) is 0 Å². The van der Waals surface area contributed by atoms with Gasteiger partial charge in [-0.2, -0.15) is 4.31 Å². The Balaban J connectivity index is 1.39. The molecule has 5 rings (SSSR count). The van der Waals surface area contributed by atoms with Gasteiger partial charge in [-0.25, -0.2) is 13.2 Å². The lowest BCUT2D eigenvalue weighted by atomic mass is 9.86. The molecular formula is C33H45N3O10S. The summed E-state index contributed by atoms with van der Waals surface area (Å²) in [5, 5.41) is 18.6. The molecule has 2 N–H and O–H groups in total. The fourth-order valence-electron chi connectivity index (χ4n) is 6.13. The lowest BCUT2D eigenvalue weighted by molar-refractivity contribution is -0.0907. The molecule has 258 valence electrons. The Bertz CT molecular complexity index is 1500. The van der Waals surface area contributed by atoms with E-state index in [1.807, 2.05) is 51.1 Å². The van der Waals surface area contributed by atoms with E-state index in [4.69, 9.17) is 28.5 Å². The predicted octanol–water partition coefficient (Wildman–Crippen LogP) is 3.69. The number of aliphatic hydroxyl groups is 1. The van der Waals surface area contributed by atoms with Gasteiger partial charge in [-0.05, 0) is 55.7 Å². The van der Waals surface area contributed by atoms with Crippen molar-refractivity contribution in [2.75, 3.05) is 40.2 Å². The van der Waals surface area contributed by atoms with Crippen molar-refractivity contribution in [3.63, 3.8) is 0 Å². The summed E-state index contributed by atoms with van der Waals surface area (Å²) in [5.41, 5.74) is 1.07. The molecule has 3 heterocycles. The number of para-hydroxylation sites is 1. The number of hydrogen-bond donors (Lipinski definition) is 2. The summed E-state index contributed by atoms with van der Waals surface area (Å²) in [7, 11) is -2.75. The van der Waals surface area contributed by atoms with Crippen molar-refractivity contribution in [3.05, 3.63) is 54.1 Å². The first kappa shape index (κ1) is 34.9. The Morgan fingerprint density at radius 3 is 2.70 bits per heavy atom. The summed E-state index contributed by atoms with van der Waals surface area (Å²) in [4.78, 5) is 18.1. The zero-order valence-electron chi connectivity index (χ0n) is 27.3. The van der Waals surface area contributed by atoms with Crippen LogP contribution in [0.25, 0.3) is 0 Å². The van der Waals surface area contributed by atoms with E-state index in [1.54, 1.807) is 12.1 Å². The topological polar surface area (TPSA) is 154 Å². The molecule has 13 nitrogen and oxygen atoms in total. The van der Waals surface area contributed by atoms with Gasteiger partial charge in [0.05, 0.1) is 37.0 Å². The quantitative estimate of drug-likeness (QED) is 0.211. The van der Waals surface area contributed by atoms with Gasteiger partial charge in [-0.3, -0.25) is 0 Å². The first-order valence-corrected chi connectivity index (χ1v) is 17.3. The van der Waals surface area contributed by atoms with Crippen LogP contribution in [-0.4, -0.2) is 94.4 Å². The number of aliphatic hydroxyl groups excluding tert-OH is 1. The lowest BCUT2D eigenvalue weighted by Crippen LogP contribution is -2.52. The molecule has 0 radical (unpaired) electrons. The van der Waals surface area contributed by atoms with Gasteiger partial charge in [-0.1, -0.05) is 55.4 Å². The van der Waals surface area contributed by atoms with Crippen LogP contribution >= 0.6 is 0 Å². The number of alkyl carbamates (subject to hydrolysis) is 1. The van der Waals surface area contributed by atoms with E-state index in [-0.39, 0.29) is 55.8 Å². The second-order valence-electron chi connectivity index (χ2n) is 12.9. The number of fused-ring (bicyclic) bond motifs is 2. The molecule has 0 aliphatic carbocycles. The standard InChI is InChI=1S/C33H45N3O10S/c1-22(35-41-4)13-15-33(2,3)20-36(47(39,40)29-12-8-11-27-30(29)45-21-44-27)18-26(37)25(17-23-9-6-5-7-10-23)34-32(38)46-28-19-43-31-24(28)14-16-42-31/h5-12,24-26,28,31,37H,13-21H2,1-4H3,(H,34,38)/b35-22-/t24-,25-,26+,28-,31+/m0/s1. The SMILES string of the molecule is CO/N=C(/C)CCC(C)(C)CN(C[C@@H](O)[C@H](Cc1ccccc1)NC(=O)O[C@H]1CO[C@H]2OCC[C@H]21)S(=O)(=O)c1cccc2c1OCO2. The summed E-state index contributed by atoms with van der Waals surface area (Å²) in [6.07, 6.45) is -0.793. The van der Waals surface area contributed by atoms with Gasteiger partial charge in [0, 0.05) is 13.1 Å². The van der Waals surface area contributed by atoms with Crippen molar-refractivity contribution in [1.82, 2.24) is 9.62 Å². The Hall–Kier alpha value is -3.43. The number of sulfonamides is 1. The van der Waals surface area contributed by atoms with Crippen molar-refractivity contribution < 1.29 is 46.8 Å². The Morgan fingerprint density at radius 1 is 1.15 bits per heavy atom. The van der Waals surface area contributed by atoms with Gasteiger partial charge < -0.3 is 38.9 Å². The van der Waals surface area contributed by atoms with E-state index < -0.39 is 39.8 Å². The van der Waals surface area contributed by atoms with Crippen molar-refractivity contribution in [2.24, 2.45) is 16.5 Å². The first-order chi connectivity index (χ1) is 22.5. The maximum atomic E-state index is 14.4. The third-order valence-electron chi connectivity index (χ3n) is 8.69. The maximum absolute atomic E-state index is 14.4. The molecule has 0 unspecified atom stereocenters. The number of rotatable bonds is 15. The lowest BCUT2D eigenvalue weighted by Gasteiger charge is -2.35. The van der Waals surface area contributed by atoms with Crippen molar-refractivity contribution in [3.8, 4) is 11.5 Å². The highest BCUT2D eigenvalue weighted by Gasteiger charge is 2.44. The average molecular weight is 676 g/mol. The number of nitrogens with one attached hydrogen (secondary N) is 1. The molecule has 5 atom stereocenters. The third-order valence-corrected chi connectivity index (χ3v) is 10.5. The normalized spacial score (nSPS) is 22.2. The van der Waals surface area contributed by atoms with E-state index >= 15 is 0 Å². The van der Waals surface area contributed by atoms with E-state index in [0.29, 0.717) is 25.2 Å². The average Bonchev–Trinajstić information content (AvgIpc) is 3.79. The highest BCUT2D eigenvalue weighted by molar-refractivity contribution is 7.89. The van der Waals surface area contributed by atoms with Crippen LogP contribution in [0.15, 0.2) is 58.6 Å². The van der Waals surface area contributed by atoms with Crippen LogP contribution in [0.2, 0.25) is 0 Å². The van der Waals surface area contributed by atoms with Crippen LogP contribution in [-0.2, 0) is 35.5 Å². The van der Waals surface area contributed by atoms with E-state index in [9.17, 15) is 18.3 Å². The molecule has 14 heteroatoms. The highest BCUT2D eigenvalue weighted by atomic mass is 32.2. The molecule has 1 amide bonds. The van der Waals surface area contributed by atoms with Crippen molar-refractivity contribution in [2.45, 2.75) is 75.9 Å². The van der Waals surface area contributed by atoms with Gasteiger partial charge >= 0.3 is 6.09 Å². The molecule has 2 aromatic carbocycles. The highest BCUT2D eigenvalue weighted by Crippen LogP contribution is 2.40. The molecular weight excluding hydrogens is 630 g/mol. The zero-order valence-corrected chi connectivity index (χ0v) is 28.1. The predicted molar refractivity (Wildman–Crippen MR) is 172 cm³/mol. The monoisotopic (exact) mass is 675 g/mol. The Labute approximate surface area is 276 Å². The third kappa shape index (κ3) is 8.73. The number of carbonyl (C=O) groups is 1. The summed E-state index contributed by atoms with van der Waals surface area (Å²) < 4.78 is 57.9. The Kier molecular flexibility index (Phi) is 11.3. The van der Waals surface area contributed by atoms with Gasteiger partial charge in [0.2, 0.25) is 16.8 Å². The summed E-state index contributed by atoms with van der Waals surface area (Å²) in [6, 6.07) is 13.2. The second-order valence-corrected chi connectivity index (χ2v) is 14.8. The number of oxime groups is 1. The number of amides is 1. The van der Waals surface area contributed by atoms with Crippen LogP contribution < -0.4 is 14.8 Å². The first-order valence-electron chi connectivity index (χ1n) is 15.8. The van der Waals surface area contributed by atoms with Gasteiger partial charge in [0.15, 0.2) is 17.8 Å². The molecule has 3 aliphatic heterocycles. The zero-order chi connectivity index (χ0) is 33.6. The minimum absolute atomic E-state index is 0.0577. The second kappa shape index (κ2) is 15.2. The number of nitrogens with zero attached hydrogens (tertiary/aromatic N) is 2. The van der Waals surface area contributed by atoms with Crippen molar-refractivity contribution >= 4 is 21.8 Å². The largest absolute Gasteiger partial charge is 0.454 e. The van der Waals surface area contributed by atoms with Gasteiger partial charge in [0.1, 0.15) is 18.1 Å². The molecule has 2 aromatic rings. The van der Waals surface area contributed by atoms with Crippen LogP contribution in [0.3, 0.4) is 0 Å². The molecule has 0 spiro atoms. The Morgan fingerprint density at radius 2 is 1.94 bits per heavy atom. The summed E-state index contributed by atoms with van der Waals surface area (Å²) in [5.74, 6) is 0.398. The minimum Gasteiger partial charge on any atom is -0.454 e. The fraction of sp³-hybridized carbons (Fsp3) is 0.576. The minimum atomic E-state index is -4.23. The number of hydrogen-bond acceptors (Lipinski definition) is 11. The smallest absolute Gasteiger partial charge is 0.407 e. The maximum Gasteiger partial charge on any atom is 0.407 e. The van der Waals surface area contributed by atoms with Crippen molar-refractivity contribution in [1.29, 1.82) is 0 Å². The van der Waals surface area contributed by atoms with Crippen LogP contribution in [0.1, 0.15) is 45.6 Å². The molecule has 2 fully saturated rings. The molecule has 0 bridgehead atoms. The summed E-state index contributed by atoms with van der Waals surface area (Å²) >= 11 is 0. The van der Waals surface area contributed by atoms with Crippen LogP contribution in [0.4, 0.5) is 4.79 Å². The molecule has 47 heavy (non-hydrogen) atoms.